The largest absolute Gasteiger partial charge is 0.493 e. The van der Waals surface area contributed by atoms with Gasteiger partial charge >= 0.3 is 0 Å². The minimum atomic E-state index is 0.570. The highest BCUT2D eigenvalue weighted by molar-refractivity contribution is 5.88. The first-order chi connectivity index (χ1) is 13.1. The van der Waals surface area contributed by atoms with Gasteiger partial charge in [0.15, 0.2) is 23.0 Å². The quantitative estimate of drug-likeness (QED) is 0.630. The Hall–Kier alpha value is -3.15. The number of ether oxygens (including phenoxy) is 5. The van der Waals surface area contributed by atoms with Gasteiger partial charge in [0.25, 0.3) is 0 Å². The average molecular weight is 369 g/mol. The third-order valence-corrected chi connectivity index (χ3v) is 4.45. The number of rotatable bonds is 7. The first kappa shape index (κ1) is 18.6. The normalized spacial score (nSPS) is 10.6. The standard InChI is InChI=1S/C21H23NO5/c1-23-17-11-14-6-7-22-16(15(14)12-18(17)24-2)8-13-9-19(25-3)21(27-5)20(10-13)26-4/h6-7,9-12H,8H2,1-5H3. The molecule has 0 amide bonds. The van der Waals surface area contributed by atoms with Crippen molar-refractivity contribution < 1.29 is 23.7 Å². The van der Waals surface area contributed by atoms with E-state index in [-0.39, 0.29) is 0 Å². The van der Waals surface area contributed by atoms with E-state index in [2.05, 4.69) is 4.98 Å². The summed E-state index contributed by atoms with van der Waals surface area (Å²) in [4.78, 5) is 4.58. The van der Waals surface area contributed by atoms with Gasteiger partial charge in [-0.1, -0.05) is 0 Å². The summed E-state index contributed by atoms with van der Waals surface area (Å²) < 4.78 is 27.1. The molecule has 27 heavy (non-hydrogen) atoms. The van der Waals surface area contributed by atoms with Crippen molar-refractivity contribution in [3.63, 3.8) is 0 Å². The van der Waals surface area contributed by atoms with Crippen molar-refractivity contribution in [2.24, 2.45) is 0 Å². The first-order valence-electron chi connectivity index (χ1n) is 8.43. The van der Waals surface area contributed by atoms with Crippen LogP contribution in [0.5, 0.6) is 28.7 Å². The van der Waals surface area contributed by atoms with Gasteiger partial charge in [0.1, 0.15) is 0 Å². The Labute approximate surface area is 158 Å². The van der Waals surface area contributed by atoms with E-state index in [1.54, 1.807) is 41.7 Å². The lowest BCUT2D eigenvalue weighted by atomic mass is 10.0. The van der Waals surface area contributed by atoms with Gasteiger partial charge in [-0.05, 0) is 41.3 Å². The zero-order chi connectivity index (χ0) is 19.4. The molecule has 0 aliphatic carbocycles. The van der Waals surface area contributed by atoms with E-state index in [1.807, 2.05) is 30.3 Å². The summed E-state index contributed by atoms with van der Waals surface area (Å²) in [6, 6.07) is 9.73. The van der Waals surface area contributed by atoms with Gasteiger partial charge in [-0.3, -0.25) is 4.98 Å². The molecule has 6 heteroatoms. The van der Waals surface area contributed by atoms with Gasteiger partial charge in [0.05, 0.1) is 41.2 Å². The molecule has 0 N–H and O–H groups in total. The third-order valence-electron chi connectivity index (χ3n) is 4.45. The van der Waals surface area contributed by atoms with Crippen LogP contribution in [0, 0.1) is 0 Å². The van der Waals surface area contributed by atoms with Gasteiger partial charge in [-0.2, -0.15) is 0 Å². The van der Waals surface area contributed by atoms with Crippen LogP contribution in [0.25, 0.3) is 10.8 Å². The number of hydrogen-bond acceptors (Lipinski definition) is 6. The monoisotopic (exact) mass is 369 g/mol. The summed E-state index contributed by atoms with van der Waals surface area (Å²) in [6.45, 7) is 0. The van der Waals surface area contributed by atoms with Crippen LogP contribution >= 0.6 is 0 Å². The Bertz CT molecular complexity index is 930. The van der Waals surface area contributed by atoms with Gasteiger partial charge in [-0.25, -0.2) is 0 Å². The molecule has 0 bridgehead atoms. The van der Waals surface area contributed by atoms with Gasteiger partial charge in [-0.15, -0.1) is 0 Å². The van der Waals surface area contributed by atoms with E-state index in [4.69, 9.17) is 23.7 Å². The third kappa shape index (κ3) is 3.56. The molecule has 0 fully saturated rings. The predicted molar refractivity (Wildman–Crippen MR) is 104 cm³/mol. The van der Waals surface area contributed by atoms with Crippen LogP contribution in [0.15, 0.2) is 36.5 Å². The number of pyridine rings is 1. The minimum absolute atomic E-state index is 0.570. The fourth-order valence-corrected chi connectivity index (χ4v) is 3.13. The van der Waals surface area contributed by atoms with Crippen molar-refractivity contribution in [1.82, 2.24) is 4.98 Å². The lowest BCUT2D eigenvalue weighted by Gasteiger charge is -2.15. The summed E-state index contributed by atoms with van der Waals surface area (Å²) in [7, 11) is 8.05. The lowest BCUT2D eigenvalue weighted by Crippen LogP contribution is -1.99. The summed E-state index contributed by atoms with van der Waals surface area (Å²) >= 11 is 0. The van der Waals surface area contributed by atoms with E-state index in [1.165, 1.54) is 0 Å². The number of fused-ring (bicyclic) bond motifs is 1. The van der Waals surface area contributed by atoms with Crippen molar-refractivity contribution in [3.8, 4) is 28.7 Å². The molecule has 0 aliphatic rings. The maximum Gasteiger partial charge on any atom is 0.203 e. The number of methoxy groups -OCH3 is 5. The van der Waals surface area contributed by atoms with Crippen LogP contribution in [-0.2, 0) is 6.42 Å². The molecule has 2 aromatic carbocycles. The fourth-order valence-electron chi connectivity index (χ4n) is 3.13. The SMILES string of the molecule is COc1cc2ccnc(Cc3cc(OC)c(OC)c(OC)c3)c2cc1OC. The Morgan fingerprint density at radius 1 is 0.704 bits per heavy atom. The molecule has 0 unspecified atom stereocenters. The second kappa shape index (κ2) is 8.03. The van der Waals surface area contributed by atoms with E-state index >= 15 is 0 Å². The smallest absolute Gasteiger partial charge is 0.203 e. The van der Waals surface area contributed by atoms with Crippen molar-refractivity contribution >= 4 is 10.8 Å². The maximum absolute atomic E-state index is 5.45. The Morgan fingerprint density at radius 3 is 1.85 bits per heavy atom. The van der Waals surface area contributed by atoms with Crippen LogP contribution in [0.4, 0.5) is 0 Å². The van der Waals surface area contributed by atoms with Crippen LogP contribution in [0.1, 0.15) is 11.3 Å². The molecule has 0 saturated carbocycles. The Kier molecular flexibility index (Phi) is 5.54. The van der Waals surface area contributed by atoms with E-state index < -0.39 is 0 Å². The summed E-state index contributed by atoms with van der Waals surface area (Å²) in [5.41, 5.74) is 1.92. The fraction of sp³-hybridized carbons (Fsp3) is 0.286. The van der Waals surface area contributed by atoms with Crippen LogP contribution in [0.2, 0.25) is 0 Å². The van der Waals surface area contributed by atoms with Crippen LogP contribution in [-0.4, -0.2) is 40.5 Å². The summed E-state index contributed by atoms with van der Waals surface area (Å²) in [5, 5.41) is 2.04. The summed E-state index contributed by atoms with van der Waals surface area (Å²) in [6.07, 6.45) is 2.39. The molecule has 6 nitrogen and oxygen atoms in total. The molecule has 3 rings (SSSR count). The van der Waals surface area contributed by atoms with Crippen molar-refractivity contribution in [2.75, 3.05) is 35.5 Å². The maximum atomic E-state index is 5.45. The first-order valence-corrected chi connectivity index (χ1v) is 8.43. The molecule has 0 saturated heterocycles. The van der Waals surface area contributed by atoms with Gasteiger partial charge < -0.3 is 23.7 Å². The van der Waals surface area contributed by atoms with Crippen molar-refractivity contribution in [2.45, 2.75) is 6.42 Å². The lowest BCUT2D eigenvalue weighted by molar-refractivity contribution is 0.324. The zero-order valence-electron chi connectivity index (χ0n) is 16.2. The van der Waals surface area contributed by atoms with Crippen LogP contribution in [0.3, 0.4) is 0 Å². The van der Waals surface area contributed by atoms with Gasteiger partial charge in [0.2, 0.25) is 5.75 Å². The summed E-state index contributed by atoms with van der Waals surface area (Å²) in [5.74, 6) is 3.16. The van der Waals surface area contributed by atoms with E-state index in [9.17, 15) is 0 Å². The molecule has 0 spiro atoms. The van der Waals surface area contributed by atoms with E-state index in [0.717, 1.165) is 22.0 Å². The zero-order valence-corrected chi connectivity index (χ0v) is 16.2. The van der Waals surface area contributed by atoms with Crippen molar-refractivity contribution in [1.29, 1.82) is 0 Å². The number of nitrogens with zero attached hydrogens (tertiary/aromatic N) is 1. The molecule has 0 atom stereocenters. The molecule has 0 radical (unpaired) electrons. The van der Waals surface area contributed by atoms with Gasteiger partial charge in [0, 0.05) is 18.0 Å². The highest BCUT2D eigenvalue weighted by Crippen LogP contribution is 2.39. The topological polar surface area (TPSA) is 59.0 Å². The average Bonchev–Trinajstić information content (AvgIpc) is 2.72. The predicted octanol–water partition coefficient (Wildman–Crippen LogP) is 3.87. The molecular formula is C21H23NO5. The number of benzene rings is 2. The number of hydrogen-bond donors (Lipinski definition) is 0. The second-order valence-electron chi connectivity index (χ2n) is 5.90. The molecule has 1 heterocycles. The van der Waals surface area contributed by atoms with E-state index in [0.29, 0.717) is 35.2 Å². The molecule has 3 aromatic rings. The Balaban J connectivity index is 2.09. The minimum Gasteiger partial charge on any atom is -0.493 e. The molecule has 0 aliphatic heterocycles. The second-order valence-corrected chi connectivity index (χ2v) is 5.90. The Morgan fingerprint density at radius 2 is 1.30 bits per heavy atom. The number of aromatic nitrogens is 1. The molecule has 1 aromatic heterocycles. The van der Waals surface area contributed by atoms with Crippen molar-refractivity contribution in [3.05, 3.63) is 47.8 Å². The molecule has 142 valence electrons. The molecular weight excluding hydrogens is 346 g/mol. The van der Waals surface area contributed by atoms with Crippen LogP contribution < -0.4 is 23.7 Å². The highest BCUT2D eigenvalue weighted by atomic mass is 16.5. The highest BCUT2D eigenvalue weighted by Gasteiger charge is 2.15.